The lowest BCUT2D eigenvalue weighted by molar-refractivity contribution is -0.132. The number of aromatic nitrogens is 4. The zero-order valence-electron chi connectivity index (χ0n) is 17.4. The first-order chi connectivity index (χ1) is 15.0. The molecule has 3 N–H and O–H groups in total. The number of nitrogens with one attached hydrogen (secondary N) is 3. The standard InChI is InChI=1S/C20H26Cl2N8O/c1-2-24-18-14(16(21)23)10-25-20(27-18)26-15-11-30(28-17(15)22)13-4-3-8-29(9-7-13)19(31)12-5-6-12/h10-13,23H,2-9H2,1H3,(H2,24,25,26,27). The highest BCUT2D eigenvalue weighted by Crippen LogP contribution is 2.33. The van der Waals surface area contributed by atoms with Gasteiger partial charge in [-0.1, -0.05) is 23.2 Å². The van der Waals surface area contributed by atoms with Crippen molar-refractivity contribution in [3.63, 3.8) is 0 Å². The number of halogens is 2. The predicted molar refractivity (Wildman–Crippen MR) is 122 cm³/mol. The summed E-state index contributed by atoms with van der Waals surface area (Å²) in [5.41, 5.74) is 1.03. The highest BCUT2D eigenvalue weighted by Gasteiger charge is 2.34. The van der Waals surface area contributed by atoms with Crippen molar-refractivity contribution < 1.29 is 4.79 Å². The van der Waals surface area contributed by atoms with Gasteiger partial charge >= 0.3 is 0 Å². The van der Waals surface area contributed by atoms with E-state index < -0.39 is 0 Å². The van der Waals surface area contributed by atoms with Crippen molar-refractivity contribution in [2.45, 2.75) is 45.1 Å². The van der Waals surface area contributed by atoms with Gasteiger partial charge in [0.2, 0.25) is 11.9 Å². The molecule has 1 aliphatic heterocycles. The van der Waals surface area contributed by atoms with Crippen molar-refractivity contribution in [2.75, 3.05) is 30.3 Å². The number of anilines is 3. The molecule has 3 heterocycles. The van der Waals surface area contributed by atoms with Crippen LogP contribution in [0, 0.1) is 11.3 Å². The Bertz CT molecular complexity index is 974. The molecule has 1 amide bonds. The van der Waals surface area contributed by atoms with Crippen molar-refractivity contribution >= 4 is 51.7 Å². The van der Waals surface area contributed by atoms with Gasteiger partial charge in [-0.15, -0.1) is 0 Å². The summed E-state index contributed by atoms with van der Waals surface area (Å²) in [5, 5.41) is 18.5. The molecule has 4 rings (SSSR count). The van der Waals surface area contributed by atoms with Crippen LogP contribution in [0.15, 0.2) is 12.4 Å². The molecule has 0 spiro atoms. The lowest BCUT2D eigenvalue weighted by atomic mass is 10.1. The molecule has 0 bridgehead atoms. The van der Waals surface area contributed by atoms with E-state index in [9.17, 15) is 4.79 Å². The van der Waals surface area contributed by atoms with Gasteiger partial charge in [0.1, 0.15) is 11.0 Å². The molecule has 0 radical (unpaired) electrons. The van der Waals surface area contributed by atoms with E-state index in [4.69, 9.17) is 28.6 Å². The second kappa shape index (κ2) is 9.40. The maximum absolute atomic E-state index is 12.4. The average Bonchev–Trinajstić information content (AvgIpc) is 3.55. The van der Waals surface area contributed by atoms with E-state index in [0.717, 1.165) is 45.2 Å². The first kappa shape index (κ1) is 21.8. The molecule has 2 aliphatic rings. The molecule has 31 heavy (non-hydrogen) atoms. The highest BCUT2D eigenvalue weighted by atomic mass is 35.5. The van der Waals surface area contributed by atoms with E-state index in [-0.39, 0.29) is 17.1 Å². The Morgan fingerprint density at radius 2 is 2.10 bits per heavy atom. The Balaban J connectivity index is 1.46. The fourth-order valence-electron chi connectivity index (χ4n) is 3.82. The van der Waals surface area contributed by atoms with Crippen LogP contribution in [0.5, 0.6) is 0 Å². The lowest BCUT2D eigenvalue weighted by Crippen LogP contribution is -2.33. The minimum atomic E-state index is -0.129. The summed E-state index contributed by atoms with van der Waals surface area (Å²) in [6.07, 6.45) is 8.17. The van der Waals surface area contributed by atoms with Crippen LogP contribution in [0.2, 0.25) is 5.15 Å². The van der Waals surface area contributed by atoms with Gasteiger partial charge in [0.05, 0.1) is 23.5 Å². The molecule has 2 aromatic heterocycles. The summed E-state index contributed by atoms with van der Waals surface area (Å²) in [7, 11) is 0. The first-order valence-electron chi connectivity index (χ1n) is 10.6. The quantitative estimate of drug-likeness (QED) is 0.533. The van der Waals surface area contributed by atoms with E-state index in [2.05, 4.69) is 25.7 Å². The van der Waals surface area contributed by atoms with Crippen molar-refractivity contribution in [1.29, 1.82) is 5.41 Å². The smallest absolute Gasteiger partial charge is 0.229 e. The van der Waals surface area contributed by atoms with Gasteiger partial charge in [-0.05, 0) is 39.0 Å². The molecule has 0 aromatic carbocycles. The Hall–Kier alpha value is -2.39. The summed E-state index contributed by atoms with van der Waals surface area (Å²) in [6, 6.07) is 0.183. The van der Waals surface area contributed by atoms with Gasteiger partial charge in [-0.25, -0.2) is 4.98 Å². The normalized spacial score (nSPS) is 19.1. The monoisotopic (exact) mass is 464 g/mol. The van der Waals surface area contributed by atoms with Crippen LogP contribution >= 0.6 is 23.2 Å². The summed E-state index contributed by atoms with van der Waals surface area (Å²) in [6.45, 7) is 4.13. The van der Waals surface area contributed by atoms with Crippen LogP contribution in [0.4, 0.5) is 17.5 Å². The number of hydrogen-bond donors (Lipinski definition) is 3. The number of carbonyl (C=O) groups is 1. The fourth-order valence-corrected chi connectivity index (χ4v) is 4.14. The number of likely N-dealkylation sites (tertiary alicyclic amines) is 1. The summed E-state index contributed by atoms with van der Waals surface area (Å²) in [5.74, 6) is 1.38. The van der Waals surface area contributed by atoms with Crippen LogP contribution in [-0.4, -0.2) is 55.4 Å². The molecule has 166 valence electrons. The van der Waals surface area contributed by atoms with Gasteiger partial charge in [0, 0.05) is 31.7 Å². The minimum absolute atomic E-state index is 0.129. The Morgan fingerprint density at radius 3 is 2.81 bits per heavy atom. The fraction of sp³-hybridized carbons (Fsp3) is 0.550. The summed E-state index contributed by atoms with van der Waals surface area (Å²) in [4.78, 5) is 23.0. The molecule has 1 unspecified atom stereocenters. The Morgan fingerprint density at radius 1 is 1.29 bits per heavy atom. The largest absolute Gasteiger partial charge is 0.370 e. The second-order valence-corrected chi connectivity index (χ2v) is 8.66. The number of rotatable bonds is 7. The molecular formula is C20H26Cl2N8O. The second-order valence-electron chi connectivity index (χ2n) is 7.92. The van der Waals surface area contributed by atoms with Crippen LogP contribution in [0.1, 0.15) is 50.6 Å². The number of carbonyl (C=O) groups excluding carboxylic acids is 1. The van der Waals surface area contributed by atoms with Gasteiger partial charge in [-0.3, -0.25) is 14.9 Å². The maximum atomic E-state index is 12.4. The third-order valence-electron chi connectivity index (χ3n) is 5.61. The molecule has 1 aliphatic carbocycles. The molecule has 2 aromatic rings. The molecule has 9 nitrogen and oxygen atoms in total. The maximum Gasteiger partial charge on any atom is 0.229 e. The molecule has 2 fully saturated rings. The minimum Gasteiger partial charge on any atom is -0.370 e. The van der Waals surface area contributed by atoms with Gasteiger partial charge in [0.15, 0.2) is 5.15 Å². The molecule has 1 saturated carbocycles. The van der Waals surface area contributed by atoms with Gasteiger partial charge in [0.25, 0.3) is 0 Å². The summed E-state index contributed by atoms with van der Waals surface area (Å²) < 4.78 is 1.88. The van der Waals surface area contributed by atoms with E-state index in [1.807, 2.05) is 22.7 Å². The zero-order chi connectivity index (χ0) is 22.0. The van der Waals surface area contributed by atoms with Gasteiger partial charge < -0.3 is 15.5 Å². The number of amides is 1. The third kappa shape index (κ3) is 5.10. The third-order valence-corrected chi connectivity index (χ3v) is 6.10. The van der Waals surface area contributed by atoms with E-state index in [1.54, 1.807) is 0 Å². The topological polar surface area (TPSA) is 112 Å². The molecule has 1 saturated heterocycles. The van der Waals surface area contributed by atoms with Crippen LogP contribution in [0.25, 0.3) is 0 Å². The van der Waals surface area contributed by atoms with Crippen LogP contribution < -0.4 is 10.6 Å². The number of hydrogen-bond acceptors (Lipinski definition) is 7. The van der Waals surface area contributed by atoms with Crippen molar-refractivity contribution in [2.24, 2.45) is 5.92 Å². The van der Waals surface area contributed by atoms with Crippen LogP contribution in [0.3, 0.4) is 0 Å². The number of nitrogens with zero attached hydrogens (tertiary/aromatic N) is 5. The van der Waals surface area contributed by atoms with Crippen molar-refractivity contribution in [3.8, 4) is 0 Å². The van der Waals surface area contributed by atoms with E-state index >= 15 is 0 Å². The SMILES string of the molecule is CCNc1nc(Nc2cn(C3CCCN(C(=O)C4CC4)CC3)nc2Cl)ncc1C(=N)Cl. The summed E-state index contributed by atoms with van der Waals surface area (Å²) >= 11 is 12.2. The first-order valence-corrected chi connectivity index (χ1v) is 11.4. The van der Waals surface area contributed by atoms with Crippen LogP contribution in [-0.2, 0) is 4.79 Å². The van der Waals surface area contributed by atoms with E-state index in [0.29, 0.717) is 40.6 Å². The molecule has 11 heteroatoms. The lowest BCUT2D eigenvalue weighted by Gasteiger charge is -2.20. The highest BCUT2D eigenvalue weighted by molar-refractivity contribution is 6.69. The predicted octanol–water partition coefficient (Wildman–Crippen LogP) is 4.03. The van der Waals surface area contributed by atoms with Gasteiger partial charge in [-0.2, -0.15) is 10.1 Å². The van der Waals surface area contributed by atoms with Crippen molar-refractivity contribution in [3.05, 3.63) is 23.1 Å². The zero-order valence-corrected chi connectivity index (χ0v) is 18.9. The molecular weight excluding hydrogens is 439 g/mol. The van der Waals surface area contributed by atoms with E-state index in [1.165, 1.54) is 6.20 Å². The average molecular weight is 465 g/mol. The molecule has 1 atom stereocenters. The van der Waals surface area contributed by atoms with Crippen molar-refractivity contribution in [1.82, 2.24) is 24.6 Å². The Kier molecular flexibility index (Phi) is 6.62. The Labute approximate surface area is 191 Å².